The van der Waals surface area contributed by atoms with Crippen LogP contribution < -0.4 is 5.73 Å². The average molecular weight is 188 g/mol. The predicted molar refractivity (Wildman–Crippen MR) is 47.4 cm³/mol. The summed E-state index contributed by atoms with van der Waals surface area (Å²) in [6, 6.07) is 0. The van der Waals surface area contributed by atoms with E-state index in [0.717, 1.165) is 6.42 Å². The number of rotatable bonds is 4. The van der Waals surface area contributed by atoms with Crippen molar-refractivity contribution in [1.29, 1.82) is 0 Å². The Morgan fingerprint density at radius 2 is 2.54 bits per heavy atom. The van der Waals surface area contributed by atoms with Crippen molar-refractivity contribution in [3.05, 3.63) is 0 Å². The Labute approximate surface area is 77.8 Å². The van der Waals surface area contributed by atoms with E-state index in [1.165, 1.54) is 0 Å². The highest BCUT2D eigenvalue weighted by molar-refractivity contribution is 5.68. The average Bonchev–Trinajstić information content (AvgIpc) is 2.16. The van der Waals surface area contributed by atoms with E-state index in [9.17, 15) is 4.79 Å². The predicted octanol–water partition coefficient (Wildman–Crippen LogP) is -0.198. The molecule has 76 valence electrons. The van der Waals surface area contributed by atoms with E-state index in [0.29, 0.717) is 26.2 Å². The van der Waals surface area contributed by atoms with Crippen molar-refractivity contribution in [2.24, 2.45) is 5.73 Å². The number of methoxy groups -OCH3 is 1. The second-order valence-corrected chi connectivity index (χ2v) is 3.01. The molecule has 1 amide bonds. The van der Waals surface area contributed by atoms with Gasteiger partial charge in [-0.3, -0.25) is 0 Å². The Kier molecular flexibility index (Phi) is 3.98. The van der Waals surface area contributed by atoms with Gasteiger partial charge in [0, 0.05) is 33.2 Å². The molecular formula is C8H16N2O3. The molecule has 5 nitrogen and oxygen atoms in total. The molecule has 0 aromatic rings. The zero-order valence-electron chi connectivity index (χ0n) is 7.86. The number of nitrogens with zero attached hydrogens (tertiary/aromatic N) is 1. The van der Waals surface area contributed by atoms with Crippen LogP contribution in [0, 0.1) is 0 Å². The van der Waals surface area contributed by atoms with Gasteiger partial charge in [0.25, 0.3) is 0 Å². The second kappa shape index (κ2) is 5.04. The molecule has 1 aliphatic heterocycles. The molecule has 1 heterocycles. The molecule has 1 unspecified atom stereocenters. The Hall–Kier alpha value is -0.810. The van der Waals surface area contributed by atoms with Crippen molar-refractivity contribution in [2.75, 3.05) is 33.4 Å². The van der Waals surface area contributed by atoms with Crippen LogP contribution in [0.2, 0.25) is 0 Å². The molecule has 0 aromatic heterocycles. The highest BCUT2D eigenvalue weighted by Crippen LogP contribution is 2.10. The third-order valence-electron chi connectivity index (χ3n) is 2.07. The Bertz CT molecular complexity index is 175. The third-order valence-corrected chi connectivity index (χ3v) is 2.07. The van der Waals surface area contributed by atoms with Gasteiger partial charge >= 0.3 is 6.09 Å². The zero-order chi connectivity index (χ0) is 9.68. The number of nitrogens with two attached hydrogens (primary N) is 1. The van der Waals surface area contributed by atoms with E-state index < -0.39 is 0 Å². The first-order chi connectivity index (χ1) is 6.27. The van der Waals surface area contributed by atoms with Crippen LogP contribution in [0.3, 0.4) is 0 Å². The lowest BCUT2D eigenvalue weighted by Gasteiger charge is -2.30. The maximum absolute atomic E-state index is 11.3. The molecule has 2 N–H and O–H groups in total. The number of ether oxygens (including phenoxy) is 2. The van der Waals surface area contributed by atoms with Crippen LogP contribution in [0.25, 0.3) is 0 Å². The van der Waals surface area contributed by atoms with Crippen LogP contribution in [0.4, 0.5) is 4.79 Å². The molecule has 0 aliphatic carbocycles. The molecule has 5 heteroatoms. The minimum atomic E-state index is -0.279. The molecule has 0 radical (unpaired) electrons. The SMILES string of the molecule is COCCN1CCC(CN)OC1=O. The van der Waals surface area contributed by atoms with Crippen LogP contribution in [0.5, 0.6) is 0 Å². The van der Waals surface area contributed by atoms with Crippen LogP contribution in [0.15, 0.2) is 0 Å². The molecule has 0 spiro atoms. The van der Waals surface area contributed by atoms with Gasteiger partial charge in [-0.05, 0) is 0 Å². The molecule has 1 atom stereocenters. The summed E-state index contributed by atoms with van der Waals surface area (Å²) in [5.74, 6) is 0. The van der Waals surface area contributed by atoms with Gasteiger partial charge in [0.1, 0.15) is 6.10 Å². The van der Waals surface area contributed by atoms with Crippen LogP contribution in [0.1, 0.15) is 6.42 Å². The summed E-state index contributed by atoms with van der Waals surface area (Å²) in [4.78, 5) is 12.9. The Balaban J connectivity index is 2.31. The zero-order valence-corrected chi connectivity index (χ0v) is 7.86. The monoisotopic (exact) mass is 188 g/mol. The van der Waals surface area contributed by atoms with Gasteiger partial charge in [0.2, 0.25) is 0 Å². The molecule has 1 fully saturated rings. The molecule has 0 bridgehead atoms. The van der Waals surface area contributed by atoms with E-state index in [4.69, 9.17) is 15.2 Å². The van der Waals surface area contributed by atoms with Crippen molar-refractivity contribution in [1.82, 2.24) is 4.90 Å². The molecule has 1 rings (SSSR count). The minimum Gasteiger partial charge on any atom is -0.445 e. The lowest BCUT2D eigenvalue weighted by Crippen LogP contribution is -2.45. The van der Waals surface area contributed by atoms with Crippen molar-refractivity contribution in [2.45, 2.75) is 12.5 Å². The summed E-state index contributed by atoms with van der Waals surface area (Å²) in [6.45, 7) is 2.25. The van der Waals surface area contributed by atoms with Crippen LogP contribution in [-0.2, 0) is 9.47 Å². The molecular weight excluding hydrogens is 172 g/mol. The lowest BCUT2D eigenvalue weighted by atomic mass is 10.2. The highest BCUT2D eigenvalue weighted by Gasteiger charge is 2.25. The lowest BCUT2D eigenvalue weighted by molar-refractivity contribution is 0.0214. The first-order valence-electron chi connectivity index (χ1n) is 4.42. The normalized spacial score (nSPS) is 23.1. The number of amides is 1. The maximum Gasteiger partial charge on any atom is 0.410 e. The number of hydrogen-bond donors (Lipinski definition) is 1. The van der Waals surface area contributed by atoms with Gasteiger partial charge in [-0.2, -0.15) is 0 Å². The van der Waals surface area contributed by atoms with Crippen molar-refractivity contribution in [3.8, 4) is 0 Å². The maximum atomic E-state index is 11.3. The van der Waals surface area contributed by atoms with E-state index in [1.54, 1.807) is 12.0 Å². The first kappa shape index (κ1) is 10.3. The number of carbonyl (C=O) groups excluding carboxylic acids is 1. The minimum absolute atomic E-state index is 0.105. The summed E-state index contributed by atoms with van der Waals surface area (Å²) in [7, 11) is 1.61. The van der Waals surface area contributed by atoms with Gasteiger partial charge in [-0.15, -0.1) is 0 Å². The number of hydrogen-bond acceptors (Lipinski definition) is 4. The van der Waals surface area contributed by atoms with Crippen molar-refractivity contribution >= 4 is 6.09 Å². The van der Waals surface area contributed by atoms with Crippen molar-refractivity contribution < 1.29 is 14.3 Å². The summed E-state index contributed by atoms with van der Waals surface area (Å²) in [6.07, 6.45) is 0.427. The van der Waals surface area contributed by atoms with E-state index in [1.807, 2.05) is 0 Å². The third kappa shape index (κ3) is 2.86. The Morgan fingerprint density at radius 3 is 3.08 bits per heavy atom. The summed E-state index contributed by atoms with van der Waals surface area (Å²) < 4.78 is 9.92. The van der Waals surface area contributed by atoms with E-state index >= 15 is 0 Å². The molecule has 13 heavy (non-hydrogen) atoms. The number of carbonyl (C=O) groups is 1. The van der Waals surface area contributed by atoms with Crippen LogP contribution >= 0.6 is 0 Å². The topological polar surface area (TPSA) is 64.8 Å². The van der Waals surface area contributed by atoms with Crippen molar-refractivity contribution in [3.63, 3.8) is 0 Å². The fourth-order valence-corrected chi connectivity index (χ4v) is 1.24. The largest absolute Gasteiger partial charge is 0.445 e. The first-order valence-corrected chi connectivity index (χ1v) is 4.42. The van der Waals surface area contributed by atoms with Crippen LogP contribution in [-0.4, -0.2) is 50.4 Å². The molecule has 0 saturated carbocycles. The second-order valence-electron chi connectivity index (χ2n) is 3.01. The number of cyclic esters (lactones) is 1. The summed E-state index contributed by atoms with van der Waals surface area (Å²) in [5, 5.41) is 0. The fraction of sp³-hybridized carbons (Fsp3) is 0.875. The van der Waals surface area contributed by atoms with Gasteiger partial charge in [0.15, 0.2) is 0 Å². The quantitative estimate of drug-likeness (QED) is 0.663. The van der Waals surface area contributed by atoms with Gasteiger partial charge in [-0.25, -0.2) is 4.79 Å². The molecule has 1 saturated heterocycles. The molecule has 1 aliphatic rings. The summed E-state index contributed by atoms with van der Waals surface area (Å²) in [5.41, 5.74) is 5.39. The van der Waals surface area contributed by atoms with E-state index in [-0.39, 0.29) is 12.2 Å². The van der Waals surface area contributed by atoms with E-state index in [2.05, 4.69) is 0 Å². The van der Waals surface area contributed by atoms with Gasteiger partial charge in [-0.1, -0.05) is 0 Å². The van der Waals surface area contributed by atoms with Gasteiger partial charge < -0.3 is 20.1 Å². The summed E-state index contributed by atoms with van der Waals surface area (Å²) >= 11 is 0. The fourth-order valence-electron chi connectivity index (χ4n) is 1.24. The van der Waals surface area contributed by atoms with Gasteiger partial charge in [0.05, 0.1) is 6.61 Å². The smallest absolute Gasteiger partial charge is 0.410 e. The standard InChI is InChI=1S/C8H16N2O3/c1-12-5-4-10-3-2-7(6-9)13-8(10)11/h7H,2-6,9H2,1H3. The molecule has 0 aromatic carbocycles. The Morgan fingerprint density at radius 1 is 1.77 bits per heavy atom. The highest BCUT2D eigenvalue weighted by atomic mass is 16.6.